The molecule has 9 heteroatoms. The smallest absolute Gasteiger partial charge is 0.263 e. The Balaban J connectivity index is 1.74. The van der Waals surface area contributed by atoms with Gasteiger partial charge in [-0.3, -0.25) is 4.72 Å². The summed E-state index contributed by atoms with van der Waals surface area (Å²) in [4.78, 5) is -0.0539. The van der Waals surface area contributed by atoms with E-state index in [0.717, 1.165) is 11.8 Å². The van der Waals surface area contributed by atoms with E-state index in [1.54, 1.807) is 19.2 Å². The fraction of sp³-hybridized carbons (Fsp3) is 0.111. The van der Waals surface area contributed by atoms with Crippen LogP contribution in [0.5, 0.6) is 5.75 Å². The van der Waals surface area contributed by atoms with E-state index in [9.17, 15) is 12.8 Å². The molecule has 0 atom stereocenters. The van der Waals surface area contributed by atoms with Gasteiger partial charge in [0.1, 0.15) is 11.6 Å². The molecule has 0 spiro atoms. The van der Waals surface area contributed by atoms with Crippen LogP contribution in [0.2, 0.25) is 0 Å². The van der Waals surface area contributed by atoms with E-state index >= 15 is 0 Å². The summed E-state index contributed by atoms with van der Waals surface area (Å²) in [6, 6.07) is 13.9. The molecule has 27 heavy (non-hydrogen) atoms. The molecule has 0 fully saturated rings. The SMILES string of the molecule is COc1cccc(Nc2ccc(NS(=O)(=O)c3ccc(F)c(C)c3)nn2)c1. The van der Waals surface area contributed by atoms with Crippen LogP contribution in [0.4, 0.5) is 21.7 Å². The predicted octanol–water partition coefficient (Wildman–Crippen LogP) is 3.48. The number of methoxy groups -OCH3 is 1. The lowest BCUT2D eigenvalue weighted by Crippen LogP contribution is -2.14. The third-order valence-corrected chi connectivity index (χ3v) is 5.04. The zero-order valence-corrected chi connectivity index (χ0v) is 15.4. The zero-order chi connectivity index (χ0) is 19.4. The first-order valence-corrected chi connectivity index (χ1v) is 9.39. The van der Waals surface area contributed by atoms with E-state index in [1.807, 2.05) is 18.2 Å². The Kier molecular flexibility index (Phi) is 5.22. The molecule has 3 rings (SSSR count). The molecule has 0 bridgehead atoms. The van der Waals surface area contributed by atoms with Crippen LogP contribution in [0, 0.1) is 12.7 Å². The van der Waals surface area contributed by atoms with Gasteiger partial charge in [0.05, 0.1) is 12.0 Å². The number of aryl methyl sites for hydroxylation is 1. The minimum atomic E-state index is -3.89. The Morgan fingerprint density at radius 1 is 1.00 bits per heavy atom. The van der Waals surface area contributed by atoms with Crippen LogP contribution in [-0.4, -0.2) is 25.7 Å². The number of rotatable bonds is 6. The molecule has 7 nitrogen and oxygen atoms in total. The average Bonchev–Trinajstić information content (AvgIpc) is 2.65. The second-order valence-corrected chi connectivity index (χ2v) is 7.36. The summed E-state index contributed by atoms with van der Waals surface area (Å²) in [5, 5.41) is 10.9. The molecule has 0 aliphatic heterocycles. The minimum absolute atomic E-state index is 0.0492. The van der Waals surface area contributed by atoms with Gasteiger partial charge >= 0.3 is 0 Å². The van der Waals surface area contributed by atoms with Crippen molar-refractivity contribution in [3.8, 4) is 5.75 Å². The van der Waals surface area contributed by atoms with Crippen LogP contribution < -0.4 is 14.8 Å². The van der Waals surface area contributed by atoms with Crippen molar-refractivity contribution < 1.29 is 17.5 Å². The van der Waals surface area contributed by atoms with Crippen molar-refractivity contribution in [1.29, 1.82) is 0 Å². The highest BCUT2D eigenvalue weighted by atomic mass is 32.2. The minimum Gasteiger partial charge on any atom is -0.497 e. The fourth-order valence-electron chi connectivity index (χ4n) is 2.28. The van der Waals surface area contributed by atoms with E-state index < -0.39 is 15.8 Å². The summed E-state index contributed by atoms with van der Waals surface area (Å²) in [5.74, 6) is 0.700. The molecule has 0 saturated heterocycles. The number of aromatic nitrogens is 2. The lowest BCUT2D eigenvalue weighted by Gasteiger charge is -2.09. The van der Waals surface area contributed by atoms with Crippen LogP contribution in [0.25, 0.3) is 0 Å². The van der Waals surface area contributed by atoms with Crippen molar-refractivity contribution in [1.82, 2.24) is 10.2 Å². The maximum Gasteiger partial charge on any atom is 0.263 e. The van der Waals surface area contributed by atoms with E-state index in [4.69, 9.17) is 4.74 Å². The highest BCUT2D eigenvalue weighted by Crippen LogP contribution is 2.21. The standard InChI is InChI=1S/C18H17FN4O3S/c1-12-10-15(6-7-16(12)19)27(24,25)23-18-9-8-17(21-22-18)20-13-4-3-5-14(11-13)26-2/h3-11H,1-2H3,(H,20,21)(H,22,23). The zero-order valence-electron chi connectivity index (χ0n) is 14.6. The van der Waals surface area contributed by atoms with Crippen molar-refractivity contribution in [2.45, 2.75) is 11.8 Å². The number of benzene rings is 2. The number of sulfonamides is 1. The molecular formula is C18H17FN4O3S. The first-order chi connectivity index (χ1) is 12.9. The maximum atomic E-state index is 13.3. The van der Waals surface area contributed by atoms with Gasteiger partial charge in [-0.15, -0.1) is 10.2 Å². The van der Waals surface area contributed by atoms with Gasteiger partial charge < -0.3 is 10.1 Å². The third-order valence-electron chi connectivity index (χ3n) is 3.69. The Bertz CT molecular complexity index is 1060. The van der Waals surface area contributed by atoms with Crippen molar-refractivity contribution in [3.63, 3.8) is 0 Å². The lowest BCUT2D eigenvalue weighted by atomic mass is 10.2. The van der Waals surface area contributed by atoms with Crippen molar-refractivity contribution in [2.75, 3.05) is 17.1 Å². The fourth-order valence-corrected chi connectivity index (χ4v) is 3.36. The molecule has 140 valence electrons. The first-order valence-electron chi connectivity index (χ1n) is 7.91. The predicted molar refractivity (Wildman–Crippen MR) is 100 cm³/mol. The van der Waals surface area contributed by atoms with E-state index in [0.29, 0.717) is 11.6 Å². The van der Waals surface area contributed by atoms with E-state index in [1.165, 1.54) is 25.1 Å². The first kappa shape index (κ1) is 18.6. The number of anilines is 3. The molecule has 0 radical (unpaired) electrons. The van der Waals surface area contributed by atoms with Gasteiger partial charge in [0, 0.05) is 11.8 Å². The quantitative estimate of drug-likeness (QED) is 0.672. The highest BCUT2D eigenvalue weighted by Gasteiger charge is 2.16. The van der Waals surface area contributed by atoms with Gasteiger partial charge in [0.15, 0.2) is 11.6 Å². The molecule has 0 aliphatic rings. The number of halogens is 1. The van der Waals surface area contributed by atoms with E-state index in [2.05, 4.69) is 20.2 Å². The third kappa shape index (κ3) is 4.50. The Morgan fingerprint density at radius 2 is 1.74 bits per heavy atom. The molecule has 0 unspecified atom stereocenters. The lowest BCUT2D eigenvalue weighted by molar-refractivity contribution is 0.415. The van der Waals surface area contributed by atoms with Gasteiger partial charge in [-0.25, -0.2) is 12.8 Å². The summed E-state index contributed by atoms with van der Waals surface area (Å²) in [7, 11) is -2.32. The molecule has 3 aromatic rings. The Morgan fingerprint density at radius 3 is 2.41 bits per heavy atom. The van der Waals surface area contributed by atoms with Crippen molar-refractivity contribution >= 4 is 27.3 Å². The van der Waals surface area contributed by atoms with Gasteiger partial charge in [0.25, 0.3) is 10.0 Å². The average molecular weight is 388 g/mol. The maximum absolute atomic E-state index is 13.3. The second-order valence-electron chi connectivity index (χ2n) is 5.68. The molecule has 2 N–H and O–H groups in total. The van der Waals surface area contributed by atoms with Gasteiger partial charge in [0.2, 0.25) is 0 Å². The number of nitrogens with zero attached hydrogens (tertiary/aromatic N) is 2. The molecule has 0 saturated carbocycles. The van der Waals surface area contributed by atoms with Gasteiger partial charge in [-0.05, 0) is 55.0 Å². The van der Waals surface area contributed by atoms with Crippen LogP contribution in [0.1, 0.15) is 5.56 Å². The van der Waals surface area contributed by atoms with Crippen LogP contribution in [0.3, 0.4) is 0 Å². The van der Waals surface area contributed by atoms with Crippen LogP contribution in [0.15, 0.2) is 59.5 Å². The Hall–Kier alpha value is -3.20. The van der Waals surface area contributed by atoms with Crippen LogP contribution in [-0.2, 0) is 10.0 Å². The monoisotopic (exact) mass is 388 g/mol. The molecule has 0 amide bonds. The van der Waals surface area contributed by atoms with Gasteiger partial charge in [-0.2, -0.15) is 0 Å². The molecule has 0 aliphatic carbocycles. The summed E-state index contributed by atoms with van der Waals surface area (Å²) >= 11 is 0. The summed E-state index contributed by atoms with van der Waals surface area (Å²) in [6.45, 7) is 1.49. The topological polar surface area (TPSA) is 93.2 Å². The molecular weight excluding hydrogens is 371 g/mol. The summed E-state index contributed by atoms with van der Waals surface area (Å²) in [5.41, 5.74) is 0.987. The van der Waals surface area contributed by atoms with Crippen LogP contribution >= 0.6 is 0 Å². The Labute approximate surface area is 156 Å². The summed E-state index contributed by atoms with van der Waals surface area (Å²) < 4.78 is 45.6. The molecule has 2 aromatic carbocycles. The molecule has 1 aromatic heterocycles. The largest absolute Gasteiger partial charge is 0.497 e. The number of nitrogens with one attached hydrogen (secondary N) is 2. The molecule has 1 heterocycles. The van der Waals surface area contributed by atoms with Crippen molar-refractivity contribution in [2.24, 2.45) is 0 Å². The second kappa shape index (κ2) is 7.58. The van der Waals surface area contributed by atoms with E-state index in [-0.39, 0.29) is 16.3 Å². The van der Waals surface area contributed by atoms with Crippen molar-refractivity contribution in [3.05, 3.63) is 66.0 Å². The number of ether oxygens (including phenoxy) is 1. The highest BCUT2D eigenvalue weighted by molar-refractivity contribution is 7.92. The van der Waals surface area contributed by atoms with Gasteiger partial charge in [-0.1, -0.05) is 6.07 Å². The number of hydrogen-bond acceptors (Lipinski definition) is 6. The summed E-state index contributed by atoms with van der Waals surface area (Å²) in [6.07, 6.45) is 0. The normalized spacial score (nSPS) is 11.1. The number of hydrogen-bond donors (Lipinski definition) is 2.